The van der Waals surface area contributed by atoms with Gasteiger partial charge in [-0.05, 0) is 37.5 Å². The molecule has 1 aliphatic heterocycles. The molecule has 0 aliphatic carbocycles. The number of hydrogen-bond donors (Lipinski definition) is 1. The number of carbonyl (C=O) groups excluding carboxylic acids is 2. The van der Waals surface area contributed by atoms with Gasteiger partial charge in [0.05, 0.1) is 6.61 Å². The summed E-state index contributed by atoms with van der Waals surface area (Å²) in [4.78, 5) is 21.6. The second-order valence-corrected chi connectivity index (χ2v) is 5.47. The molecule has 0 fully saturated rings. The summed E-state index contributed by atoms with van der Waals surface area (Å²) in [6.07, 6.45) is 1.42. The average Bonchev–Trinajstić information content (AvgIpc) is 2.87. The molecule has 0 bridgehead atoms. The van der Waals surface area contributed by atoms with Crippen LogP contribution in [0, 0.1) is 13.8 Å². The minimum absolute atomic E-state index is 0.159. The van der Waals surface area contributed by atoms with Gasteiger partial charge in [0, 0.05) is 17.4 Å². The van der Waals surface area contributed by atoms with E-state index in [-0.39, 0.29) is 11.3 Å². The van der Waals surface area contributed by atoms with Crippen LogP contribution >= 0.6 is 0 Å². The van der Waals surface area contributed by atoms with Gasteiger partial charge in [-0.3, -0.25) is 14.9 Å². The van der Waals surface area contributed by atoms with Crippen molar-refractivity contribution in [1.29, 1.82) is 0 Å². The Bertz CT molecular complexity index is 526. The maximum atomic E-state index is 11.4. The monoisotopic (exact) mass is 321 g/mol. The fraction of sp³-hybridized carbons (Fsp3) is 0.579. The average molecular weight is 321 g/mol. The molecule has 1 aromatic carbocycles. The molecular weight excluding hydrogens is 290 g/mol. The van der Waals surface area contributed by atoms with Crippen molar-refractivity contribution in [2.45, 2.75) is 66.7 Å². The van der Waals surface area contributed by atoms with Crippen molar-refractivity contribution < 1.29 is 14.3 Å². The third-order valence-corrected chi connectivity index (χ3v) is 3.92. The van der Waals surface area contributed by atoms with E-state index < -0.39 is 0 Å². The Kier molecular flexibility index (Phi) is 9.23. The lowest BCUT2D eigenvalue weighted by atomic mass is 9.79. The molecule has 0 saturated carbocycles. The zero-order valence-electron chi connectivity index (χ0n) is 15.6. The van der Waals surface area contributed by atoms with Crippen molar-refractivity contribution in [3.63, 3.8) is 0 Å². The van der Waals surface area contributed by atoms with Crippen molar-refractivity contribution in [3.8, 4) is 5.75 Å². The predicted octanol–water partition coefficient (Wildman–Crippen LogP) is 4.06. The van der Waals surface area contributed by atoms with E-state index >= 15 is 0 Å². The molecule has 1 N–H and O–H groups in total. The lowest BCUT2D eigenvalue weighted by molar-refractivity contribution is -0.125. The number of carbonyl (C=O) groups is 2. The number of nitrogens with one attached hydrogen (secondary N) is 1. The van der Waals surface area contributed by atoms with Crippen LogP contribution in [0.1, 0.15) is 64.2 Å². The summed E-state index contributed by atoms with van der Waals surface area (Å²) < 4.78 is 5.74. The molecule has 130 valence electrons. The lowest BCUT2D eigenvalue weighted by Crippen LogP contribution is -2.28. The highest BCUT2D eigenvalue weighted by atomic mass is 16.5. The normalized spacial score (nSPS) is 17.5. The van der Waals surface area contributed by atoms with Gasteiger partial charge in [-0.1, -0.05) is 40.7 Å². The molecule has 2 rings (SSSR count). The van der Waals surface area contributed by atoms with Crippen LogP contribution in [0.3, 0.4) is 0 Å². The quantitative estimate of drug-likeness (QED) is 0.851. The van der Waals surface area contributed by atoms with Crippen LogP contribution < -0.4 is 10.1 Å². The highest BCUT2D eigenvalue weighted by Gasteiger charge is 2.36. The summed E-state index contributed by atoms with van der Waals surface area (Å²) in [5.74, 6) is 0.676. The summed E-state index contributed by atoms with van der Waals surface area (Å²) in [5, 5.41) is 2.17. The number of amides is 2. The van der Waals surface area contributed by atoms with E-state index in [1.165, 1.54) is 11.1 Å². The lowest BCUT2D eigenvalue weighted by Gasteiger charge is -2.22. The molecule has 4 nitrogen and oxygen atoms in total. The highest BCUT2D eigenvalue weighted by molar-refractivity contribution is 5.85. The van der Waals surface area contributed by atoms with Gasteiger partial charge in [0.25, 0.3) is 0 Å². The number of aryl methyl sites for hydroxylation is 2. The zero-order chi connectivity index (χ0) is 18.0. The molecule has 1 aliphatic rings. The van der Waals surface area contributed by atoms with Crippen LogP contribution in [0.25, 0.3) is 0 Å². The van der Waals surface area contributed by atoms with E-state index in [1.807, 2.05) is 27.7 Å². The second kappa shape index (κ2) is 10.0. The van der Waals surface area contributed by atoms with E-state index in [9.17, 15) is 9.59 Å². The summed E-state index contributed by atoms with van der Waals surface area (Å²) in [6.45, 7) is 14.8. The molecule has 0 radical (unpaired) electrons. The Labute approximate surface area is 140 Å². The van der Waals surface area contributed by atoms with Crippen molar-refractivity contribution in [1.82, 2.24) is 5.32 Å². The molecule has 1 heterocycles. The molecule has 1 atom stereocenters. The van der Waals surface area contributed by atoms with Crippen molar-refractivity contribution in [2.75, 3.05) is 6.61 Å². The molecule has 1 aromatic rings. The first kappa shape index (κ1) is 21.2. The Morgan fingerprint density at radius 1 is 1.22 bits per heavy atom. The number of benzene rings is 1. The number of imide groups is 1. The number of ether oxygens (including phenoxy) is 1. The van der Waals surface area contributed by atoms with E-state index in [2.05, 4.69) is 38.2 Å². The van der Waals surface area contributed by atoms with Gasteiger partial charge in [0.15, 0.2) is 0 Å². The van der Waals surface area contributed by atoms with Gasteiger partial charge >= 0.3 is 0 Å². The SMILES string of the molecule is CC.CC.Cc1cc2c(cc1C)C(C)(CCC(=O)NC=O)CO2. The molecule has 1 unspecified atom stereocenters. The number of fused-ring (bicyclic) bond motifs is 1. The summed E-state index contributed by atoms with van der Waals surface area (Å²) in [5.41, 5.74) is 3.44. The zero-order valence-corrected chi connectivity index (χ0v) is 15.6. The van der Waals surface area contributed by atoms with Crippen LogP contribution in [-0.4, -0.2) is 18.9 Å². The van der Waals surface area contributed by atoms with E-state index in [0.717, 1.165) is 11.3 Å². The van der Waals surface area contributed by atoms with Gasteiger partial charge in [-0.15, -0.1) is 0 Å². The molecule has 23 heavy (non-hydrogen) atoms. The fourth-order valence-electron chi connectivity index (χ4n) is 2.43. The van der Waals surface area contributed by atoms with Crippen LogP contribution in [0.2, 0.25) is 0 Å². The van der Waals surface area contributed by atoms with Crippen molar-refractivity contribution in [2.24, 2.45) is 0 Å². The van der Waals surface area contributed by atoms with Crippen LogP contribution in [0.15, 0.2) is 12.1 Å². The molecule has 4 heteroatoms. The van der Waals surface area contributed by atoms with Crippen LogP contribution in [-0.2, 0) is 15.0 Å². The molecule has 2 amide bonds. The maximum absolute atomic E-state index is 11.4. The summed E-state index contributed by atoms with van der Waals surface area (Å²) in [7, 11) is 0. The van der Waals surface area contributed by atoms with Crippen LogP contribution in [0.4, 0.5) is 0 Å². The van der Waals surface area contributed by atoms with Gasteiger partial charge in [-0.2, -0.15) is 0 Å². The second-order valence-electron chi connectivity index (χ2n) is 5.47. The van der Waals surface area contributed by atoms with E-state index in [0.29, 0.717) is 25.9 Å². The first-order chi connectivity index (χ1) is 11.0. The number of hydrogen-bond acceptors (Lipinski definition) is 3. The highest BCUT2D eigenvalue weighted by Crippen LogP contribution is 2.42. The number of rotatable bonds is 4. The molecular formula is C19H31NO3. The molecule has 0 saturated heterocycles. The van der Waals surface area contributed by atoms with Gasteiger partial charge in [-0.25, -0.2) is 0 Å². The Morgan fingerprint density at radius 2 is 1.78 bits per heavy atom. The minimum atomic E-state index is -0.242. The van der Waals surface area contributed by atoms with Gasteiger partial charge < -0.3 is 4.74 Å². The Hall–Kier alpha value is -1.84. The predicted molar refractivity (Wildman–Crippen MR) is 94.9 cm³/mol. The smallest absolute Gasteiger partial charge is 0.226 e. The minimum Gasteiger partial charge on any atom is -0.492 e. The van der Waals surface area contributed by atoms with Crippen molar-refractivity contribution >= 4 is 12.3 Å². The summed E-state index contributed by atoms with van der Waals surface area (Å²) >= 11 is 0. The molecule has 0 spiro atoms. The summed E-state index contributed by atoms with van der Waals surface area (Å²) in [6, 6.07) is 4.21. The van der Waals surface area contributed by atoms with Gasteiger partial charge in [0.2, 0.25) is 12.3 Å². The molecule has 0 aromatic heterocycles. The largest absolute Gasteiger partial charge is 0.492 e. The maximum Gasteiger partial charge on any atom is 0.226 e. The third-order valence-electron chi connectivity index (χ3n) is 3.92. The van der Waals surface area contributed by atoms with Crippen molar-refractivity contribution in [3.05, 3.63) is 28.8 Å². The third kappa shape index (κ3) is 5.38. The topological polar surface area (TPSA) is 55.4 Å². The van der Waals surface area contributed by atoms with E-state index in [1.54, 1.807) is 0 Å². The van der Waals surface area contributed by atoms with E-state index in [4.69, 9.17) is 4.74 Å². The Morgan fingerprint density at radius 3 is 2.35 bits per heavy atom. The first-order valence-corrected chi connectivity index (χ1v) is 8.44. The fourth-order valence-corrected chi connectivity index (χ4v) is 2.43. The van der Waals surface area contributed by atoms with Gasteiger partial charge in [0.1, 0.15) is 5.75 Å². The Balaban J connectivity index is 0.00000112. The first-order valence-electron chi connectivity index (χ1n) is 8.44. The standard InChI is InChI=1S/C15H19NO3.2C2H6/c1-10-6-12-13(7-11(10)2)19-8-15(12,3)5-4-14(18)16-9-17;2*1-2/h6-7,9H,4-5,8H2,1-3H3,(H,16,17,18);2*1-2H3. The van der Waals surface area contributed by atoms with Crippen LogP contribution in [0.5, 0.6) is 5.75 Å².